The van der Waals surface area contributed by atoms with Gasteiger partial charge in [0.15, 0.2) is 0 Å². The van der Waals surface area contributed by atoms with Gasteiger partial charge in [-0.25, -0.2) is 4.79 Å². The molecule has 104 valence electrons. The van der Waals surface area contributed by atoms with Gasteiger partial charge in [0.2, 0.25) is 0 Å². The first-order chi connectivity index (χ1) is 9.29. The number of hydrogen-bond acceptors (Lipinski definition) is 4. The van der Waals surface area contributed by atoms with Gasteiger partial charge in [-0.15, -0.1) is 0 Å². The third kappa shape index (κ3) is 4.24. The van der Waals surface area contributed by atoms with Crippen LogP contribution in [0.4, 0.5) is 0 Å². The Morgan fingerprint density at radius 3 is 2.53 bits per heavy atom. The molecule has 0 amide bonds. The minimum absolute atomic E-state index is 0.0658. The molecule has 4 nitrogen and oxygen atoms in total. The predicted molar refractivity (Wildman–Crippen MR) is 71.0 cm³/mol. The largest absolute Gasteiger partial charge is 0.494 e. The van der Waals surface area contributed by atoms with Crippen LogP contribution in [0.15, 0.2) is 24.3 Å². The topological polar surface area (TPSA) is 44.8 Å². The molecule has 0 aromatic heterocycles. The quantitative estimate of drug-likeness (QED) is 0.582. The van der Waals surface area contributed by atoms with E-state index in [9.17, 15) is 4.79 Å². The number of ether oxygens (including phenoxy) is 1. The first kappa shape index (κ1) is 13.9. The second-order valence-electron chi connectivity index (χ2n) is 4.75. The predicted octanol–water partition coefficient (Wildman–Crippen LogP) is 3.51. The van der Waals surface area contributed by atoms with Gasteiger partial charge >= 0.3 is 5.97 Å². The molecule has 0 unspecified atom stereocenters. The van der Waals surface area contributed by atoms with Crippen LogP contribution in [0, 0.1) is 0 Å². The van der Waals surface area contributed by atoms with E-state index >= 15 is 0 Å². The molecule has 0 spiro atoms. The van der Waals surface area contributed by atoms with E-state index in [1.165, 1.54) is 0 Å². The molecule has 0 atom stereocenters. The van der Waals surface area contributed by atoms with Crippen molar-refractivity contribution in [3.63, 3.8) is 0 Å². The summed E-state index contributed by atoms with van der Waals surface area (Å²) in [6.45, 7) is 2.72. The Bertz CT molecular complexity index is 393. The summed E-state index contributed by atoms with van der Waals surface area (Å²) in [5.74, 6) is 0.309. The van der Waals surface area contributed by atoms with E-state index < -0.39 is 5.97 Å². The van der Waals surface area contributed by atoms with Gasteiger partial charge < -0.3 is 4.74 Å². The zero-order valence-electron chi connectivity index (χ0n) is 11.3. The highest BCUT2D eigenvalue weighted by atomic mass is 17.2. The highest BCUT2D eigenvalue weighted by molar-refractivity contribution is 5.89. The number of carbonyl (C=O) groups excluding carboxylic acids is 1. The highest BCUT2D eigenvalue weighted by Gasteiger charge is 2.19. The van der Waals surface area contributed by atoms with Crippen molar-refractivity contribution < 1.29 is 19.3 Å². The molecule has 19 heavy (non-hydrogen) atoms. The van der Waals surface area contributed by atoms with Crippen molar-refractivity contribution in [3.8, 4) is 5.75 Å². The van der Waals surface area contributed by atoms with E-state index in [0.717, 1.165) is 37.9 Å². The lowest BCUT2D eigenvalue weighted by atomic mass is 10.2. The van der Waals surface area contributed by atoms with Gasteiger partial charge in [0.05, 0.1) is 12.2 Å². The summed E-state index contributed by atoms with van der Waals surface area (Å²) in [7, 11) is 0. The SMILES string of the molecule is CCCOc1ccc(C(=O)OOC2CCCC2)cc1. The average molecular weight is 264 g/mol. The Morgan fingerprint density at radius 2 is 1.89 bits per heavy atom. The van der Waals surface area contributed by atoms with E-state index in [4.69, 9.17) is 14.5 Å². The number of rotatable bonds is 6. The molecule has 1 aromatic rings. The zero-order valence-corrected chi connectivity index (χ0v) is 11.3. The van der Waals surface area contributed by atoms with Gasteiger partial charge in [0, 0.05) is 0 Å². The summed E-state index contributed by atoms with van der Waals surface area (Å²) in [6.07, 6.45) is 5.25. The minimum Gasteiger partial charge on any atom is -0.494 e. The third-order valence-corrected chi connectivity index (χ3v) is 3.12. The standard InChI is InChI=1S/C15H20O4/c1-2-11-17-13-9-7-12(8-10-13)15(16)19-18-14-5-3-4-6-14/h7-10,14H,2-6,11H2,1H3. The summed E-state index contributed by atoms with van der Waals surface area (Å²) in [6, 6.07) is 6.90. The Morgan fingerprint density at radius 1 is 1.21 bits per heavy atom. The van der Waals surface area contributed by atoms with Gasteiger partial charge in [0.25, 0.3) is 0 Å². The van der Waals surface area contributed by atoms with Crippen LogP contribution in [-0.2, 0) is 9.78 Å². The summed E-state index contributed by atoms with van der Waals surface area (Å²) in [4.78, 5) is 21.7. The van der Waals surface area contributed by atoms with Gasteiger partial charge in [-0.1, -0.05) is 19.8 Å². The molecule has 0 aliphatic heterocycles. The van der Waals surface area contributed by atoms with Crippen LogP contribution in [-0.4, -0.2) is 18.7 Å². The van der Waals surface area contributed by atoms with E-state index in [1.807, 2.05) is 6.92 Å². The van der Waals surface area contributed by atoms with Crippen LogP contribution in [0.1, 0.15) is 49.4 Å². The maximum Gasteiger partial charge on any atom is 0.373 e. The molecule has 0 heterocycles. The van der Waals surface area contributed by atoms with Crippen molar-refractivity contribution in [3.05, 3.63) is 29.8 Å². The van der Waals surface area contributed by atoms with Crippen LogP contribution in [0.25, 0.3) is 0 Å². The summed E-state index contributed by atoms with van der Waals surface area (Å²) >= 11 is 0. The molecule has 0 N–H and O–H groups in total. The lowest BCUT2D eigenvalue weighted by molar-refractivity contribution is -0.272. The summed E-state index contributed by atoms with van der Waals surface area (Å²) in [5.41, 5.74) is 0.474. The molecule has 1 aliphatic rings. The molecule has 1 fully saturated rings. The second kappa shape index (κ2) is 7.14. The molecule has 2 rings (SSSR count). The fourth-order valence-corrected chi connectivity index (χ4v) is 2.05. The van der Waals surface area contributed by atoms with Crippen molar-refractivity contribution in [2.45, 2.75) is 45.1 Å². The molecule has 1 aliphatic carbocycles. The van der Waals surface area contributed by atoms with E-state index in [-0.39, 0.29) is 6.10 Å². The molecule has 0 radical (unpaired) electrons. The van der Waals surface area contributed by atoms with Crippen molar-refractivity contribution >= 4 is 5.97 Å². The highest BCUT2D eigenvalue weighted by Crippen LogP contribution is 2.21. The van der Waals surface area contributed by atoms with Crippen LogP contribution in [0.5, 0.6) is 5.75 Å². The number of hydrogen-bond donors (Lipinski definition) is 0. The van der Waals surface area contributed by atoms with Crippen molar-refractivity contribution in [1.82, 2.24) is 0 Å². The first-order valence-corrected chi connectivity index (χ1v) is 6.90. The maximum absolute atomic E-state index is 11.7. The van der Waals surface area contributed by atoms with E-state index in [0.29, 0.717) is 12.2 Å². The van der Waals surface area contributed by atoms with Crippen molar-refractivity contribution in [1.29, 1.82) is 0 Å². The molecule has 0 saturated heterocycles. The molecule has 4 heteroatoms. The van der Waals surface area contributed by atoms with E-state index in [2.05, 4.69) is 0 Å². The Labute approximate surface area is 113 Å². The van der Waals surface area contributed by atoms with Gasteiger partial charge in [-0.2, -0.15) is 4.89 Å². The van der Waals surface area contributed by atoms with Crippen molar-refractivity contribution in [2.24, 2.45) is 0 Å². The molecule has 0 bridgehead atoms. The second-order valence-corrected chi connectivity index (χ2v) is 4.75. The minimum atomic E-state index is -0.450. The summed E-state index contributed by atoms with van der Waals surface area (Å²) in [5, 5.41) is 0. The normalized spacial score (nSPS) is 15.4. The van der Waals surface area contributed by atoms with Crippen LogP contribution < -0.4 is 4.74 Å². The lowest BCUT2D eigenvalue weighted by Gasteiger charge is -2.09. The monoisotopic (exact) mass is 264 g/mol. The van der Waals surface area contributed by atoms with Crippen LogP contribution in [0.3, 0.4) is 0 Å². The van der Waals surface area contributed by atoms with Crippen LogP contribution >= 0.6 is 0 Å². The average Bonchev–Trinajstić information content (AvgIpc) is 2.96. The molecule has 1 aromatic carbocycles. The number of carbonyl (C=O) groups is 1. The zero-order chi connectivity index (χ0) is 13.5. The fourth-order valence-electron chi connectivity index (χ4n) is 2.05. The smallest absolute Gasteiger partial charge is 0.373 e. The van der Waals surface area contributed by atoms with Crippen molar-refractivity contribution in [2.75, 3.05) is 6.61 Å². The Hall–Kier alpha value is -1.55. The van der Waals surface area contributed by atoms with Gasteiger partial charge in [0.1, 0.15) is 11.9 Å². The summed E-state index contributed by atoms with van der Waals surface area (Å²) < 4.78 is 5.45. The first-order valence-electron chi connectivity index (χ1n) is 6.90. The van der Waals surface area contributed by atoms with E-state index in [1.54, 1.807) is 24.3 Å². The van der Waals surface area contributed by atoms with Gasteiger partial charge in [-0.3, -0.25) is 4.89 Å². The number of benzene rings is 1. The Kier molecular flexibility index (Phi) is 5.21. The molecular formula is C15H20O4. The molecular weight excluding hydrogens is 244 g/mol. The van der Waals surface area contributed by atoms with Crippen LogP contribution in [0.2, 0.25) is 0 Å². The van der Waals surface area contributed by atoms with Gasteiger partial charge in [-0.05, 0) is 43.5 Å². The Balaban J connectivity index is 1.81. The lowest BCUT2D eigenvalue weighted by Crippen LogP contribution is -2.13. The third-order valence-electron chi connectivity index (χ3n) is 3.12. The fraction of sp³-hybridized carbons (Fsp3) is 0.533. The molecule has 1 saturated carbocycles. The maximum atomic E-state index is 11.7.